The first-order chi connectivity index (χ1) is 11.7. The predicted octanol–water partition coefficient (Wildman–Crippen LogP) is 4.66. The Labute approximate surface area is 157 Å². The van der Waals surface area contributed by atoms with Gasteiger partial charge in [-0.05, 0) is 68.4 Å². The minimum absolute atomic E-state index is 0.461. The van der Waals surface area contributed by atoms with E-state index in [2.05, 4.69) is 44.4 Å². The minimum atomic E-state index is 0.461. The SMILES string of the molecule is COC1CCC(C(C)(C)CCN2CCN(CCC(C)(C)C)CC2)CC1. The Kier molecular flexibility index (Phi) is 7.79. The molecule has 25 heavy (non-hydrogen) atoms. The first-order valence-electron chi connectivity index (χ1n) is 10.7. The van der Waals surface area contributed by atoms with E-state index in [1.165, 1.54) is 77.8 Å². The third kappa shape index (κ3) is 7.19. The number of hydrogen-bond donors (Lipinski definition) is 0. The van der Waals surface area contributed by atoms with Crippen LogP contribution in [0.2, 0.25) is 0 Å². The van der Waals surface area contributed by atoms with Gasteiger partial charge in [0.25, 0.3) is 0 Å². The number of ether oxygens (including phenoxy) is 1. The van der Waals surface area contributed by atoms with Crippen LogP contribution in [0.4, 0.5) is 0 Å². The van der Waals surface area contributed by atoms with Crippen molar-refractivity contribution in [2.45, 2.75) is 79.2 Å². The van der Waals surface area contributed by atoms with Crippen LogP contribution in [0.5, 0.6) is 0 Å². The van der Waals surface area contributed by atoms with Gasteiger partial charge in [0.1, 0.15) is 0 Å². The third-order valence-corrected chi connectivity index (χ3v) is 6.83. The zero-order valence-electron chi connectivity index (χ0n) is 17.9. The van der Waals surface area contributed by atoms with Crippen LogP contribution in [-0.2, 0) is 4.74 Å². The molecule has 2 aliphatic rings. The maximum atomic E-state index is 5.55. The van der Waals surface area contributed by atoms with Crippen molar-refractivity contribution in [1.82, 2.24) is 9.80 Å². The van der Waals surface area contributed by atoms with Gasteiger partial charge in [0.15, 0.2) is 0 Å². The Morgan fingerprint density at radius 2 is 1.24 bits per heavy atom. The molecule has 2 fully saturated rings. The van der Waals surface area contributed by atoms with E-state index in [1.54, 1.807) is 0 Å². The molecular formula is C22H44N2O. The normalized spacial score (nSPS) is 27.6. The molecule has 0 spiro atoms. The van der Waals surface area contributed by atoms with Crippen LogP contribution in [-0.4, -0.2) is 62.3 Å². The fraction of sp³-hybridized carbons (Fsp3) is 1.00. The summed E-state index contributed by atoms with van der Waals surface area (Å²) in [6.07, 6.45) is 8.40. The van der Waals surface area contributed by atoms with Crippen molar-refractivity contribution in [2.24, 2.45) is 16.7 Å². The Balaban J connectivity index is 1.66. The van der Waals surface area contributed by atoms with Crippen LogP contribution in [0.25, 0.3) is 0 Å². The molecule has 0 amide bonds. The molecule has 2 rings (SSSR count). The van der Waals surface area contributed by atoms with Gasteiger partial charge in [-0.3, -0.25) is 0 Å². The van der Waals surface area contributed by atoms with E-state index in [4.69, 9.17) is 4.74 Å². The number of nitrogens with zero attached hydrogens (tertiary/aromatic N) is 2. The Morgan fingerprint density at radius 1 is 0.760 bits per heavy atom. The summed E-state index contributed by atoms with van der Waals surface area (Å²) in [5.41, 5.74) is 0.936. The van der Waals surface area contributed by atoms with Crippen LogP contribution in [0.15, 0.2) is 0 Å². The van der Waals surface area contributed by atoms with Crippen molar-refractivity contribution in [2.75, 3.05) is 46.4 Å². The number of hydrogen-bond acceptors (Lipinski definition) is 3. The predicted molar refractivity (Wildman–Crippen MR) is 108 cm³/mol. The first kappa shape index (κ1) is 21.2. The fourth-order valence-electron chi connectivity index (χ4n) is 4.46. The molecule has 0 aromatic rings. The molecule has 0 unspecified atom stereocenters. The van der Waals surface area contributed by atoms with Gasteiger partial charge in [-0.25, -0.2) is 0 Å². The van der Waals surface area contributed by atoms with E-state index in [1.807, 2.05) is 7.11 Å². The summed E-state index contributed by atoms with van der Waals surface area (Å²) in [5, 5.41) is 0. The lowest BCUT2D eigenvalue weighted by Gasteiger charge is -2.41. The molecule has 1 saturated carbocycles. The Hall–Kier alpha value is -0.120. The maximum Gasteiger partial charge on any atom is 0.0571 e. The highest BCUT2D eigenvalue weighted by molar-refractivity contribution is 4.85. The van der Waals surface area contributed by atoms with E-state index in [0.29, 0.717) is 16.9 Å². The minimum Gasteiger partial charge on any atom is -0.381 e. The Bertz CT molecular complexity index is 372. The first-order valence-corrected chi connectivity index (χ1v) is 10.7. The van der Waals surface area contributed by atoms with E-state index in [0.717, 1.165) is 5.92 Å². The van der Waals surface area contributed by atoms with Crippen molar-refractivity contribution in [3.05, 3.63) is 0 Å². The van der Waals surface area contributed by atoms with Gasteiger partial charge in [-0.2, -0.15) is 0 Å². The molecule has 0 radical (unpaired) electrons. The van der Waals surface area contributed by atoms with Crippen LogP contribution in [0.3, 0.4) is 0 Å². The van der Waals surface area contributed by atoms with Crippen molar-refractivity contribution < 1.29 is 4.74 Å². The molecule has 3 heteroatoms. The molecule has 0 atom stereocenters. The number of rotatable bonds is 7. The average molecular weight is 353 g/mol. The smallest absolute Gasteiger partial charge is 0.0571 e. The van der Waals surface area contributed by atoms with Crippen molar-refractivity contribution >= 4 is 0 Å². The highest BCUT2D eigenvalue weighted by atomic mass is 16.5. The van der Waals surface area contributed by atoms with E-state index in [-0.39, 0.29) is 0 Å². The second-order valence-electron chi connectivity index (χ2n) is 10.4. The summed E-state index contributed by atoms with van der Waals surface area (Å²) in [6.45, 7) is 19.7. The lowest BCUT2D eigenvalue weighted by Crippen LogP contribution is -2.48. The highest BCUT2D eigenvalue weighted by Crippen LogP contribution is 2.41. The van der Waals surface area contributed by atoms with Gasteiger partial charge in [-0.1, -0.05) is 34.6 Å². The molecule has 0 aromatic heterocycles. The molecular weight excluding hydrogens is 308 g/mol. The van der Waals surface area contributed by atoms with E-state index in [9.17, 15) is 0 Å². The monoisotopic (exact) mass is 352 g/mol. The summed E-state index contributed by atoms with van der Waals surface area (Å²) in [4.78, 5) is 5.37. The largest absolute Gasteiger partial charge is 0.381 e. The quantitative estimate of drug-likeness (QED) is 0.662. The molecule has 1 aliphatic carbocycles. The zero-order valence-corrected chi connectivity index (χ0v) is 17.9. The summed E-state index contributed by atoms with van der Waals surface area (Å²) >= 11 is 0. The number of methoxy groups -OCH3 is 1. The van der Waals surface area contributed by atoms with Gasteiger partial charge >= 0.3 is 0 Å². The zero-order chi connectivity index (χ0) is 18.5. The molecule has 1 aliphatic heterocycles. The summed E-state index contributed by atoms with van der Waals surface area (Å²) < 4.78 is 5.55. The van der Waals surface area contributed by atoms with Crippen LogP contribution in [0.1, 0.15) is 73.1 Å². The Morgan fingerprint density at radius 3 is 1.68 bits per heavy atom. The van der Waals surface area contributed by atoms with Gasteiger partial charge in [0.05, 0.1) is 6.10 Å². The lowest BCUT2D eigenvalue weighted by atomic mass is 9.69. The summed E-state index contributed by atoms with van der Waals surface area (Å²) in [7, 11) is 1.87. The van der Waals surface area contributed by atoms with Gasteiger partial charge in [0, 0.05) is 33.3 Å². The van der Waals surface area contributed by atoms with Gasteiger partial charge in [-0.15, -0.1) is 0 Å². The second kappa shape index (κ2) is 9.19. The molecule has 3 nitrogen and oxygen atoms in total. The lowest BCUT2D eigenvalue weighted by molar-refractivity contribution is 0.0241. The average Bonchev–Trinajstić information content (AvgIpc) is 2.58. The molecule has 0 aromatic carbocycles. The van der Waals surface area contributed by atoms with E-state index >= 15 is 0 Å². The van der Waals surface area contributed by atoms with E-state index < -0.39 is 0 Å². The molecule has 1 saturated heterocycles. The summed E-state index contributed by atoms with van der Waals surface area (Å²) in [6, 6.07) is 0. The highest BCUT2D eigenvalue weighted by Gasteiger charge is 2.33. The van der Waals surface area contributed by atoms with Gasteiger partial charge in [0.2, 0.25) is 0 Å². The molecule has 148 valence electrons. The second-order valence-corrected chi connectivity index (χ2v) is 10.4. The van der Waals surface area contributed by atoms with Crippen molar-refractivity contribution in [3.63, 3.8) is 0 Å². The third-order valence-electron chi connectivity index (χ3n) is 6.83. The molecule has 0 N–H and O–H groups in total. The molecule has 0 bridgehead atoms. The number of piperazine rings is 1. The molecule has 1 heterocycles. The van der Waals surface area contributed by atoms with Crippen molar-refractivity contribution in [1.29, 1.82) is 0 Å². The topological polar surface area (TPSA) is 15.7 Å². The maximum absolute atomic E-state index is 5.55. The van der Waals surface area contributed by atoms with Crippen LogP contribution in [0, 0.1) is 16.7 Å². The summed E-state index contributed by atoms with van der Waals surface area (Å²) in [5.74, 6) is 0.881. The van der Waals surface area contributed by atoms with Gasteiger partial charge < -0.3 is 14.5 Å². The van der Waals surface area contributed by atoms with Crippen LogP contribution < -0.4 is 0 Å². The van der Waals surface area contributed by atoms with Crippen LogP contribution >= 0.6 is 0 Å². The fourth-order valence-corrected chi connectivity index (χ4v) is 4.46. The standard InChI is InChI=1S/C22H44N2O/c1-21(2,3)11-13-23-15-17-24(18-16-23)14-12-22(4,5)19-7-9-20(25-6)10-8-19/h19-20H,7-18H2,1-6H3. The van der Waals surface area contributed by atoms with Crippen molar-refractivity contribution in [3.8, 4) is 0 Å².